The number of carbonyl (C=O) groups is 3. The first kappa shape index (κ1) is 18.1. The molecule has 0 fully saturated rings. The van der Waals surface area contributed by atoms with Gasteiger partial charge in [0.15, 0.2) is 6.04 Å². The molecule has 2 unspecified atom stereocenters. The lowest BCUT2D eigenvalue weighted by atomic mass is 9.89. The standard InChI is InChI=1S/C19H17BrN2O4/c1-26-19(25)17(11-6-8-12(20)9-7-11)22-18(24)14-10-16(23)21-15-5-3-2-4-13(14)15/h2-9,14,17H,10H2,1H3,(H,21,23)(H,22,24). The minimum atomic E-state index is -0.947. The second-order valence-corrected chi connectivity index (χ2v) is 6.82. The number of fused-ring (bicyclic) bond motifs is 1. The fourth-order valence-electron chi connectivity index (χ4n) is 2.94. The molecule has 134 valence electrons. The minimum Gasteiger partial charge on any atom is -0.467 e. The van der Waals surface area contributed by atoms with Crippen molar-refractivity contribution >= 4 is 39.4 Å². The van der Waals surface area contributed by atoms with Crippen LogP contribution in [0.15, 0.2) is 53.0 Å². The molecule has 0 saturated carbocycles. The largest absolute Gasteiger partial charge is 0.467 e. The zero-order valence-corrected chi connectivity index (χ0v) is 15.6. The summed E-state index contributed by atoms with van der Waals surface area (Å²) in [6.07, 6.45) is 0.0249. The van der Waals surface area contributed by atoms with Crippen LogP contribution < -0.4 is 10.6 Å². The van der Waals surface area contributed by atoms with E-state index in [1.165, 1.54) is 7.11 Å². The highest BCUT2D eigenvalue weighted by molar-refractivity contribution is 9.10. The number of methoxy groups -OCH3 is 1. The van der Waals surface area contributed by atoms with Crippen LogP contribution in [0.1, 0.15) is 29.5 Å². The Bertz CT molecular complexity index is 851. The first-order valence-electron chi connectivity index (χ1n) is 8.02. The molecule has 1 aliphatic rings. The maximum absolute atomic E-state index is 12.9. The summed E-state index contributed by atoms with van der Waals surface area (Å²) in [5.74, 6) is -1.87. The fourth-order valence-corrected chi connectivity index (χ4v) is 3.20. The Balaban J connectivity index is 1.87. The molecule has 1 aliphatic heterocycles. The van der Waals surface area contributed by atoms with Gasteiger partial charge in [0.25, 0.3) is 0 Å². The van der Waals surface area contributed by atoms with Gasteiger partial charge in [-0.2, -0.15) is 0 Å². The second-order valence-electron chi connectivity index (χ2n) is 5.91. The molecule has 0 bridgehead atoms. The molecule has 0 spiro atoms. The quantitative estimate of drug-likeness (QED) is 0.750. The van der Waals surface area contributed by atoms with Crippen molar-refractivity contribution in [3.8, 4) is 0 Å². The average Bonchev–Trinajstić information content (AvgIpc) is 2.65. The van der Waals surface area contributed by atoms with Gasteiger partial charge in [0.05, 0.1) is 13.0 Å². The van der Waals surface area contributed by atoms with Crippen LogP contribution in [-0.2, 0) is 19.1 Å². The number of nitrogens with one attached hydrogen (secondary N) is 2. The molecule has 0 radical (unpaired) electrons. The first-order chi connectivity index (χ1) is 12.5. The third-order valence-electron chi connectivity index (χ3n) is 4.24. The molecular weight excluding hydrogens is 400 g/mol. The molecule has 0 saturated heterocycles. The molecule has 2 atom stereocenters. The lowest BCUT2D eigenvalue weighted by Crippen LogP contribution is -2.40. The maximum Gasteiger partial charge on any atom is 0.333 e. The van der Waals surface area contributed by atoms with Gasteiger partial charge in [-0.3, -0.25) is 9.59 Å². The van der Waals surface area contributed by atoms with Crippen LogP contribution in [0.4, 0.5) is 5.69 Å². The number of hydrogen-bond acceptors (Lipinski definition) is 4. The lowest BCUT2D eigenvalue weighted by Gasteiger charge is -2.26. The number of amides is 2. The molecule has 0 aromatic heterocycles. The summed E-state index contributed by atoms with van der Waals surface area (Å²) >= 11 is 3.34. The smallest absolute Gasteiger partial charge is 0.333 e. The molecule has 1 heterocycles. The van der Waals surface area contributed by atoms with E-state index in [1.54, 1.807) is 42.5 Å². The molecule has 2 amide bonds. The minimum absolute atomic E-state index is 0.0249. The third-order valence-corrected chi connectivity index (χ3v) is 4.77. The van der Waals surface area contributed by atoms with Gasteiger partial charge in [0, 0.05) is 16.6 Å². The van der Waals surface area contributed by atoms with E-state index in [0.29, 0.717) is 11.3 Å². The van der Waals surface area contributed by atoms with Crippen molar-refractivity contribution in [2.75, 3.05) is 12.4 Å². The zero-order valence-electron chi connectivity index (χ0n) is 14.0. The third kappa shape index (κ3) is 3.77. The van der Waals surface area contributed by atoms with Crippen molar-refractivity contribution in [2.24, 2.45) is 0 Å². The number of hydrogen-bond donors (Lipinski definition) is 2. The van der Waals surface area contributed by atoms with Crippen LogP contribution in [0.2, 0.25) is 0 Å². The maximum atomic E-state index is 12.9. The van der Waals surface area contributed by atoms with Gasteiger partial charge < -0.3 is 15.4 Å². The van der Waals surface area contributed by atoms with E-state index in [-0.39, 0.29) is 12.3 Å². The van der Waals surface area contributed by atoms with Crippen LogP contribution in [0.5, 0.6) is 0 Å². The van der Waals surface area contributed by atoms with Crippen LogP contribution in [-0.4, -0.2) is 24.9 Å². The summed E-state index contributed by atoms with van der Waals surface area (Å²) in [6.45, 7) is 0. The van der Waals surface area contributed by atoms with Crippen molar-refractivity contribution in [1.29, 1.82) is 0 Å². The molecule has 7 heteroatoms. The normalized spacial score (nSPS) is 16.8. The average molecular weight is 417 g/mol. The summed E-state index contributed by atoms with van der Waals surface area (Å²) in [4.78, 5) is 37.0. The van der Waals surface area contributed by atoms with E-state index in [1.807, 2.05) is 6.07 Å². The van der Waals surface area contributed by atoms with Crippen LogP contribution in [0.25, 0.3) is 0 Å². The highest BCUT2D eigenvalue weighted by Gasteiger charge is 2.33. The summed E-state index contributed by atoms with van der Waals surface area (Å²) < 4.78 is 5.69. The van der Waals surface area contributed by atoms with E-state index in [2.05, 4.69) is 26.6 Å². The van der Waals surface area contributed by atoms with Gasteiger partial charge in [0.2, 0.25) is 11.8 Å². The molecule has 2 N–H and O–H groups in total. The molecule has 2 aromatic rings. The molecular formula is C19H17BrN2O4. The van der Waals surface area contributed by atoms with Gasteiger partial charge in [0.1, 0.15) is 0 Å². The number of ether oxygens (including phenoxy) is 1. The van der Waals surface area contributed by atoms with Crippen molar-refractivity contribution < 1.29 is 19.1 Å². The number of para-hydroxylation sites is 1. The number of halogens is 1. The van der Waals surface area contributed by atoms with Gasteiger partial charge in [-0.05, 0) is 29.3 Å². The lowest BCUT2D eigenvalue weighted by molar-refractivity contribution is -0.145. The van der Waals surface area contributed by atoms with Gasteiger partial charge in [-0.15, -0.1) is 0 Å². The number of benzene rings is 2. The highest BCUT2D eigenvalue weighted by Crippen LogP contribution is 2.32. The Morgan fingerprint density at radius 2 is 1.88 bits per heavy atom. The summed E-state index contributed by atoms with van der Waals surface area (Å²) in [6, 6.07) is 13.2. The SMILES string of the molecule is COC(=O)C(NC(=O)C1CC(=O)Nc2ccccc21)c1ccc(Br)cc1. The Labute approximate surface area is 159 Å². The fraction of sp³-hybridized carbons (Fsp3) is 0.211. The molecule has 2 aromatic carbocycles. The van der Waals surface area contributed by atoms with Gasteiger partial charge in [-0.1, -0.05) is 46.3 Å². The van der Waals surface area contributed by atoms with Crippen LogP contribution in [0, 0.1) is 0 Å². The van der Waals surface area contributed by atoms with E-state index < -0.39 is 23.8 Å². The zero-order chi connectivity index (χ0) is 18.7. The first-order valence-corrected chi connectivity index (χ1v) is 8.81. The Morgan fingerprint density at radius 1 is 1.19 bits per heavy atom. The van der Waals surface area contributed by atoms with Gasteiger partial charge in [-0.25, -0.2) is 4.79 Å². The monoisotopic (exact) mass is 416 g/mol. The Morgan fingerprint density at radius 3 is 2.58 bits per heavy atom. The van der Waals surface area contributed by atoms with Crippen molar-refractivity contribution in [3.05, 3.63) is 64.1 Å². The van der Waals surface area contributed by atoms with E-state index in [9.17, 15) is 14.4 Å². The molecule has 3 rings (SSSR count). The van der Waals surface area contributed by atoms with E-state index >= 15 is 0 Å². The molecule has 6 nitrogen and oxygen atoms in total. The number of esters is 1. The predicted molar refractivity (Wildman–Crippen MR) is 99.5 cm³/mol. The summed E-state index contributed by atoms with van der Waals surface area (Å²) in [5.41, 5.74) is 1.94. The number of carbonyl (C=O) groups excluding carboxylic acids is 3. The highest BCUT2D eigenvalue weighted by atomic mass is 79.9. The predicted octanol–water partition coefficient (Wildman–Crippen LogP) is 2.91. The Kier molecular flexibility index (Phi) is 5.37. The second kappa shape index (κ2) is 7.70. The van der Waals surface area contributed by atoms with Crippen molar-refractivity contribution in [3.63, 3.8) is 0 Å². The van der Waals surface area contributed by atoms with Gasteiger partial charge >= 0.3 is 5.97 Å². The molecule has 26 heavy (non-hydrogen) atoms. The number of anilines is 1. The van der Waals surface area contributed by atoms with Crippen LogP contribution in [0.3, 0.4) is 0 Å². The summed E-state index contributed by atoms with van der Waals surface area (Å²) in [7, 11) is 1.27. The van der Waals surface area contributed by atoms with E-state index in [0.717, 1.165) is 10.0 Å². The Hall–Kier alpha value is -2.67. The van der Waals surface area contributed by atoms with Crippen LogP contribution >= 0.6 is 15.9 Å². The number of rotatable bonds is 4. The van der Waals surface area contributed by atoms with E-state index in [4.69, 9.17) is 4.74 Å². The molecule has 0 aliphatic carbocycles. The summed E-state index contributed by atoms with van der Waals surface area (Å²) in [5, 5.41) is 5.48. The van der Waals surface area contributed by atoms with Crippen molar-refractivity contribution in [1.82, 2.24) is 5.32 Å². The van der Waals surface area contributed by atoms with Crippen molar-refractivity contribution in [2.45, 2.75) is 18.4 Å². The topological polar surface area (TPSA) is 84.5 Å².